The first-order valence-corrected chi connectivity index (χ1v) is 12.0. The van der Waals surface area contributed by atoms with Gasteiger partial charge in [-0.2, -0.15) is 0 Å². The first-order chi connectivity index (χ1) is 16.5. The average Bonchev–Trinajstić information content (AvgIpc) is 2.77. The number of carboxylic acid groups (broad SMARTS) is 1. The van der Waals surface area contributed by atoms with Crippen LogP contribution >= 0.6 is 0 Å². The van der Waals surface area contributed by atoms with Crippen LogP contribution in [0.25, 0.3) is 11.1 Å². The maximum atomic E-state index is 11.5. The van der Waals surface area contributed by atoms with Crippen molar-refractivity contribution in [3.63, 3.8) is 0 Å². The standard InChI is InChI=1S/C29H38N4O2/c1-20-15-26(32-29(3,4)28(34)35)16-21(2)27(20)23-10-7-9-22(17-23)19-31-25-12-8-11-24(18-25)30-13-14-33(5)6/h7-12,15-18,30-32H,13-14,19H2,1-6H3,(H,34,35). The molecule has 0 unspecified atom stereocenters. The number of aryl methyl sites for hydroxylation is 2. The first kappa shape index (κ1) is 26.1. The quantitative estimate of drug-likeness (QED) is 0.280. The number of nitrogens with zero attached hydrogens (tertiary/aromatic N) is 1. The van der Waals surface area contributed by atoms with Gasteiger partial charge in [0.25, 0.3) is 0 Å². The maximum absolute atomic E-state index is 11.5. The molecule has 0 heterocycles. The Morgan fingerprint density at radius 3 is 2.14 bits per heavy atom. The molecule has 186 valence electrons. The van der Waals surface area contributed by atoms with Crippen molar-refractivity contribution < 1.29 is 9.90 Å². The molecule has 6 nitrogen and oxygen atoms in total. The molecular formula is C29H38N4O2. The minimum absolute atomic E-state index is 0.722. The number of anilines is 3. The number of carboxylic acids is 1. The van der Waals surface area contributed by atoms with Gasteiger partial charge in [-0.3, -0.25) is 0 Å². The van der Waals surface area contributed by atoms with Crippen molar-refractivity contribution in [2.45, 2.75) is 39.8 Å². The van der Waals surface area contributed by atoms with Crippen molar-refractivity contribution in [1.82, 2.24) is 4.90 Å². The summed E-state index contributed by atoms with van der Waals surface area (Å²) in [6.07, 6.45) is 0. The van der Waals surface area contributed by atoms with E-state index in [1.54, 1.807) is 13.8 Å². The lowest BCUT2D eigenvalue weighted by Crippen LogP contribution is -2.39. The number of carbonyl (C=O) groups is 1. The van der Waals surface area contributed by atoms with Crippen LogP contribution < -0.4 is 16.0 Å². The molecule has 0 fully saturated rings. The fourth-order valence-corrected chi connectivity index (χ4v) is 4.11. The predicted molar refractivity (Wildman–Crippen MR) is 148 cm³/mol. The highest BCUT2D eigenvalue weighted by molar-refractivity contribution is 5.82. The summed E-state index contributed by atoms with van der Waals surface area (Å²) in [5.74, 6) is -0.882. The normalized spacial score (nSPS) is 11.4. The highest BCUT2D eigenvalue weighted by atomic mass is 16.4. The molecule has 0 saturated heterocycles. The van der Waals surface area contributed by atoms with Crippen LogP contribution in [0.2, 0.25) is 0 Å². The van der Waals surface area contributed by atoms with E-state index in [-0.39, 0.29) is 0 Å². The van der Waals surface area contributed by atoms with Gasteiger partial charge in [0.15, 0.2) is 0 Å². The van der Waals surface area contributed by atoms with Crippen molar-refractivity contribution >= 4 is 23.0 Å². The Morgan fingerprint density at radius 1 is 0.886 bits per heavy atom. The molecule has 0 atom stereocenters. The summed E-state index contributed by atoms with van der Waals surface area (Å²) in [6, 6.07) is 21.0. The third-order valence-corrected chi connectivity index (χ3v) is 5.99. The lowest BCUT2D eigenvalue weighted by molar-refractivity contribution is -0.141. The number of hydrogen-bond acceptors (Lipinski definition) is 5. The zero-order chi connectivity index (χ0) is 25.6. The summed E-state index contributed by atoms with van der Waals surface area (Å²) < 4.78 is 0. The molecule has 0 aromatic heterocycles. The molecule has 0 aliphatic rings. The van der Waals surface area contributed by atoms with Crippen LogP contribution in [-0.2, 0) is 11.3 Å². The summed E-state index contributed by atoms with van der Waals surface area (Å²) in [5.41, 5.74) is 7.71. The summed E-state index contributed by atoms with van der Waals surface area (Å²) in [5, 5.41) is 19.6. The van der Waals surface area contributed by atoms with E-state index in [2.05, 4.69) is 97.3 Å². The Balaban J connectivity index is 1.72. The molecule has 0 radical (unpaired) electrons. The van der Waals surface area contributed by atoms with Crippen molar-refractivity contribution in [3.05, 3.63) is 77.4 Å². The SMILES string of the molecule is Cc1cc(NC(C)(C)C(=O)O)cc(C)c1-c1cccc(CNc2cccc(NCCN(C)C)c2)c1. The molecule has 0 spiro atoms. The lowest BCUT2D eigenvalue weighted by atomic mass is 9.93. The number of aliphatic carboxylic acids is 1. The molecule has 0 aliphatic carbocycles. The second-order valence-electron chi connectivity index (χ2n) is 9.90. The fraction of sp³-hybridized carbons (Fsp3) is 0.345. The van der Waals surface area contributed by atoms with E-state index in [1.807, 2.05) is 12.1 Å². The zero-order valence-electron chi connectivity index (χ0n) is 21.7. The van der Waals surface area contributed by atoms with Crippen LogP contribution in [0.5, 0.6) is 0 Å². The van der Waals surface area contributed by atoms with E-state index >= 15 is 0 Å². The minimum atomic E-state index is -1.04. The molecule has 3 rings (SSSR count). The number of likely N-dealkylation sites (N-methyl/N-ethyl adjacent to an activating group) is 1. The van der Waals surface area contributed by atoms with E-state index in [0.717, 1.165) is 53.4 Å². The number of benzene rings is 3. The van der Waals surface area contributed by atoms with E-state index in [0.29, 0.717) is 0 Å². The smallest absolute Gasteiger partial charge is 0.328 e. The van der Waals surface area contributed by atoms with Crippen LogP contribution in [0.3, 0.4) is 0 Å². The maximum Gasteiger partial charge on any atom is 0.328 e. The molecule has 6 heteroatoms. The van der Waals surface area contributed by atoms with Gasteiger partial charge in [-0.25, -0.2) is 4.79 Å². The molecule has 3 aromatic carbocycles. The van der Waals surface area contributed by atoms with Crippen LogP contribution in [0.4, 0.5) is 17.1 Å². The number of nitrogens with one attached hydrogen (secondary N) is 3. The average molecular weight is 475 g/mol. The summed E-state index contributed by atoms with van der Waals surface area (Å²) in [6.45, 7) is 10.1. The molecule has 0 bridgehead atoms. The first-order valence-electron chi connectivity index (χ1n) is 12.0. The van der Waals surface area contributed by atoms with Gasteiger partial charge in [0.2, 0.25) is 0 Å². The van der Waals surface area contributed by atoms with Crippen LogP contribution in [-0.4, -0.2) is 48.7 Å². The largest absolute Gasteiger partial charge is 0.480 e. The highest BCUT2D eigenvalue weighted by Gasteiger charge is 2.27. The Labute approximate surface area is 209 Å². The summed E-state index contributed by atoms with van der Waals surface area (Å²) in [4.78, 5) is 13.7. The number of hydrogen-bond donors (Lipinski definition) is 4. The van der Waals surface area contributed by atoms with Crippen molar-refractivity contribution in [3.8, 4) is 11.1 Å². The van der Waals surface area contributed by atoms with Crippen molar-refractivity contribution in [1.29, 1.82) is 0 Å². The van der Waals surface area contributed by atoms with E-state index < -0.39 is 11.5 Å². The van der Waals surface area contributed by atoms with Crippen molar-refractivity contribution in [2.24, 2.45) is 0 Å². The Hall–Kier alpha value is -3.51. The van der Waals surface area contributed by atoms with Gasteiger partial charge in [0, 0.05) is 36.7 Å². The monoisotopic (exact) mass is 474 g/mol. The van der Waals surface area contributed by atoms with Gasteiger partial charge in [-0.15, -0.1) is 0 Å². The van der Waals surface area contributed by atoms with Gasteiger partial charge in [0.05, 0.1) is 0 Å². The summed E-state index contributed by atoms with van der Waals surface area (Å²) in [7, 11) is 4.14. The lowest BCUT2D eigenvalue weighted by Gasteiger charge is -2.24. The van der Waals surface area contributed by atoms with Gasteiger partial charge < -0.3 is 26.0 Å². The van der Waals surface area contributed by atoms with Crippen LogP contribution in [0.1, 0.15) is 30.5 Å². The molecule has 4 N–H and O–H groups in total. The highest BCUT2D eigenvalue weighted by Crippen LogP contribution is 2.32. The van der Waals surface area contributed by atoms with E-state index in [9.17, 15) is 9.90 Å². The van der Waals surface area contributed by atoms with Crippen molar-refractivity contribution in [2.75, 3.05) is 43.1 Å². The Bertz CT molecular complexity index is 1150. The van der Waals surface area contributed by atoms with Crippen LogP contribution in [0.15, 0.2) is 60.7 Å². The third kappa shape index (κ3) is 7.23. The van der Waals surface area contributed by atoms with Crippen LogP contribution in [0, 0.1) is 13.8 Å². The topological polar surface area (TPSA) is 76.6 Å². The Morgan fingerprint density at radius 2 is 1.51 bits per heavy atom. The zero-order valence-corrected chi connectivity index (χ0v) is 21.7. The molecule has 3 aromatic rings. The van der Waals surface area contributed by atoms with Gasteiger partial charge in [0.1, 0.15) is 5.54 Å². The Kier molecular flexibility index (Phi) is 8.41. The fourth-order valence-electron chi connectivity index (χ4n) is 4.11. The molecule has 0 aliphatic heterocycles. The molecule has 0 amide bonds. The molecule has 35 heavy (non-hydrogen) atoms. The third-order valence-electron chi connectivity index (χ3n) is 5.99. The predicted octanol–water partition coefficient (Wildman–Crippen LogP) is 5.83. The van der Waals surface area contributed by atoms with Gasteiger partial charge >= 0.3 is 5.97 Å². The second kappa shape index (κ2) is 11.3. The second-order valence-corrected chi connectivity index (χ2v) is 9.90. The summed E-state index contributed by atoms with van der Waals surface area (Å²) >= 11 is 0. The molecule has 0 saturated carbocycles. The van der Waals surface area contributed by atoms with E-state index in [1.165, 1.54) is 11.1 Å². The number of rotatable bonds is 11. The van der Waals surface area contributed by atoms with Gasteiger partial charge in [-0.1, -0.05) is 24.3 Å². The van der Waals surface area contributed by atoms with E-state index in [4.69, 9.17) is 0 Å². The minimum Gasteiger partial charge on any atom is -0.480 e. The van der Waals surface area contributed by atoms with Gasteiger partial charge in [-0.05, 0) is 106 Å². The molecular weight excluding hydrogens is 436 g/mol.